The summed E-state index contributed by atoms with van der Waals surface area (Å²) in [5.41, 5.74) is 1.79. The number of anilines is 1. The molecule has 1 aromatic carbocycles. The van der Waals surface area contributed by atoms with Crippen LogP contribution in [-0.4, -0.2) is 36.6 Å². The van der Waals surface area contributed by atoms with Crippen molar-refractivity contribution in [1.82, 2.24) is 5.32 Å². The number of aryl methyl sites for hydroxylation is 1. The van der Waals surface area contributed by atoms with E-state index in [0.29, 0.717) is 6.54 Å². The largest absolute Gasteiger partial charge is 0.481 e. The molecule has 0 bridgehead atoms. The molecule has 1 saturated heterocycles. The summed E-state index contributed by atoms with van der Waals surface area (Å²) in [6.45, 7) is 5.69. The summed E-state index contributed by atoms with van der Waals surface area (Å²) in [5.74, 6) is -0.686. The molecular formula is C16H22N2O3. The van der Waals surface area contributed by atoms with Crippen molar-refractivity contribution in [3.63, 3.8) is 0 Å². The van der Waals surface area contributed by atoms with Gasteiger partial charge in [0.15, 0.2) is 0 Å². The highest BCUT2D eigenvalue weighted by molar-refractivity contribution is 5.96. The van der Waals surface area contributed by atoms with Crippen molar-refractivity contribution in [2.45, 2.75) is 20.3 Å². The molecule has 0 aromatic heterocycles. The van der Waals surface area contributed by atoms with Crippen LogP contribution in [0.3, 0.4) is 0 Å². The second-order valence-corrected chi connectivity index (χ2v) is 5.66. The average molecular weight is 290 g/mol. The molecule has 114 valence electrons. The summed E-state index contributed by atoms with van der Waals surface area (Å²) in [7, 11) is 0. The number of carboxylic acid groups (broad SMARTS) is 1. The zero-order valence-corrected chi connectivity index (χ0v) is 12.5. The molecule has 0 spiro atoms. The summed E-state index contributed by atoms with van der Waals surface area (Å²) >= 11 is 0. The van der Waals surface area contributed by atoms with Gasteiger partial charge in [0.2, 0.25) is 5.91 Å². The molecule has 1 aromatic rings. The van der Waals surface area contributed by atoms with Crippen LogP contribution < -0.4 is 10.2 Å². The topological polar surface area (TPSA) is 69.6 Å². The van der Waals surface area contributed by atoms with E-state index in [9.17, 15) is 9.59 Å². The molecular weight excluding hydrogens is 268 g/mol. The zero-order chi connectivity index (χ0) is 15.4. The maximum atomic E-state index is 12.8. The van der Waals surface area contributed by atoms with Gasteiger partial charge in [0, 0.05) is 18.8 Å². The Hall–Kier alpha value is -1.88. The fraction of sp³-hybridized carbons (Fsp3) is 0.500. The lowest BCUT2D eigenvalue weighted by molar-refractivity contribution is -0.136. The van der Waals surface area contributed by atoms with E-state index in [2.05, 4.69) is 12.2 Å². The maximum Gasteiger partial charge on any atom is 0.305 e. The van der Waals surface area contributed by atoms with E-state index in [1.165, 1.54) is 0 Å². The van der Waals surface area contributed by atoms with Crippen LogP contribution in [0.4, 0.5) is 5.69 Å². The Morgan fingerprint density at radius 1 is 1.33 bits per heavy atom. The number of amides is 1. The number of para-hydroxylation sites is 1. The first-order valence-electron chi connectivity index (χ1n) is 7.30. The van der Waals surface area contributed by atoms with Crippen LogP contribution >= 0.6 is 0 Å². The molecule has 1 fully saturated rings. The van der Waals surface area contributed by atoms with Crippen LogP contribution in [0.25, 0.3) is 0 Å². The molecule has 2 rings (SSSR count). The number of benzene rings is 1. The molecule has 1 heterocycles. The number of nitrogens with zero attached hydrogens (tertiary/aromatic N) is 1. The lowest BCUT2D eigenvalue weighted by atomic mass is 9.96. The van der Waals surface area contributed by atoms with Gasteiger partial charge in [0.05, 0.1) is 12.3 Å². The van der Waals surface area contributed by atoms with Crippen molar-refractivity contribution in [1.29, 1.82) is 0 Å². The third-order valence-electron chi connectivity index (χ3n) is 4.06. The lowest BCUT2D eigenvalue weighted by Crippen LogP contribution is -2.40. The third kappa shape index (κ3) is 3.61. The molecule has 1 aliphatic rings. The molecule has 0 saturated carbocycles. The Bertz CT molecular complexity index is 530. The number of carbonyl (C=O) groups is 2. The molecule has 5 heteroatoms. The SMILES string of the molecule is Cc1ccccc1N(CCC(=O)O)C(=O)[C@@H]1CNC[C@H]1C. The highest BCUT2D eigenvalue weighted by atomic mass is 16.4. The first kappa shape index (κ1) is 15.5. The van der Waals surface area contributed by atoms with Gasteiger partial charge in [0.1, 0.15) is 0 Å². The van der Waals surface area contributed by atoms with E-state index >= 15 is 0 Å². The van der Waals surface area contributed by atoms with Gasteiger partial charge in [-0.05, 0) is 31.0 Å². The van der Waals surface area contributed by atoms with Crippen molar-refractivity contribution in [3.05, 3.63) is 29.8 Å². The summed E-state index contributed by atoms with van der Waals surface area (Å²) in [6.07, 6.45) is -0.0470. The summed E-state index contributed by atoms with van der Waals surface area (Å²) in [6, 6.07) is 7.60. The molecule has 0 aliphatic carbocycles. The highest BCUT2D eigenvalue weighted by Gasteiger charge is 2.33. The second kappa shape index (κ2) is 6.72. The van der Waals surface area contributed by atoms with Crippen molar-refractivity contribution >= 4 is 17.6 Å². The number of carbonyl (C=O) groups excluding carboxylic acids is 1. The number of hydrogen-bond acceptors (Lipinski definition) is 3. The number of carboxylic acids is 1. The summed E-state index contributed by atoms with van der Waals surface area (Å²) in [4.78, 5) is 25.3. The van der Waals surface area contributed by atoms with E-state index in [0.717, 1.165) is 17.8 Å². The van der Waals surface area contributed by atoms with Gasteiger partial charge >= 0.3 is 5.97 Å². The van der Waals surface area contributed by atoms with Crippen molar-refractivity contribution in [3.8, 4) is 0 Å². The molecule has 0 radical (unpaired) electrons. The monoisotopic (exact) mass is 290 g/mol. The van der Waals surface area contributed by atoms with E-state index in [-0.39, 0.29) is 30.7 Å². The molecule has 1 aliphatic heterocycles. The van der Waals surface area contributed by atoms with Gasteiger partial charge in [-0.1, -0.05) is 25.1 Å². The van der Waals surface area contributed by atoms with Crippen LogP contribution in [0.5, 0.6) is 0 Å². The van der Waals surface area contributed by atoms with Crippen LogP contribution in [-0.2, 0) is 9.59 Å². The Morgan fingerprint density at radius 3 is 2.62 bits per heavy atom. The molecule has 5 nitrogen and oxygen atoms in total. The minimum Gasteiger partial charge on any atom is -0.481 e. The van der Waals surface area contributed by atoms with E-state index in [1.54, 1.807) is 4.90 Å². The molecule has 1 amide bonds. The van der Waals surface area contributed by atoms with Crippen LogP contribution in [0.1, 0.15) is 18.9 Å². The standard InChI is InChI=1S/C16H22N2O3/c1-11-5-3-4-6-14(11)18(8-7-15(19)20)16(21)13-10-17-9-12(13)2/h3-6,12-13,17H,7-10H2,1-2H3,(H,19,20)/t12-,13-/m1/s1. The fourth-order valence-electron chi connectivity index (χ4n) is 2.76. The van der Waals surface area contributed by atoms with Gasteiger partial charge in [0.25, 0.3) is 0 Å². The summed E-state index contributed by atoms with van der Waals surface area (Å²) in [5, 5.41) is 12.2. The number of rotatable bonds is 5. The first-order chi connectivity index (χ1) is 10.0. The molecule has 2 N–H and O–H groups in total. The van der Waals surface area contributed by atoms with Gasteiger partial charge in [-0.2, -0.15) is 0 Å². The molecule has 21 heavy (non-hydrogen) atoms. The lowest BCUT2D eigenvalue weighted by Gasteiger charge is -2.28. The van der Waals surface area contributed by atoms with Gasteiger partial charge in [-0.25, -0.2) is 0 Å². The minimum absolute atomic E-state index is 0.0167. The van der Waals surface area contributed by atoms with Gasteiger partial charge in [-0.3, -0.25) is 9.59 Å². The van der Waals surface area contributed by atoms with Gasteiger partial charge in [-0.15, -0.1) is 0 Å². The van der Waals surface area contributed by atoms with Crippen molar-refractivity contribution < 1.29 is 14.7 Å². The van der Waals surface area contributed by atoms with Crippen molar-refractivity contribution in [2.75, 3.05) is 24.5 Å². The smallest absolute Gasteiger partial charge is 0.305 e. The van der Waals surface area contributed by atoms with E-state index in [4.69, 9.17) is 5.11 Å². The molecule has 0 unspecified atom stereocenters. The minimum atomic E-state index is -0.890. The number of nitrogens with one attached hydrogen (secondary N) is 1. The highest BCUT2D eigenvalue weighted by Crippen LogP contribution is 2.25. The Balaban J connectivity index is 2.25. The maximum absolute atomic E-state index is 12.8. The van der Waals surface area contributed by atoms with Crippen molar-refractivity contribution in [2.24, 2.45) is 11.8 Å². The Kier molecular flexibility index (Phi) is 4.96. The summed E-state index contributed by atoms with van der Waals surface area (Å²) < 4.78 is 0. The second-order valence-electron chi connectivity index (χ2n) is 5.66. The predicted octanol–water partition coefficient (Wildman–Crippen LogP) is 1.66. The number of aliphatic carboxylic acids is 1. The fourth-order valence-corrected chi connectivity index (χ4v) is 2.76. The van der Waals surface area contributed by atoms with Gasteiger partial charge < -0.3 is 15.3 Å². The predicted molar refractivity (Wildman–Crippen MR) is 81.3 cm³/mol. The van der Waals surface area contributed by atoms with Crippen LogP contribution in [0.2, 0.25) is 0 Å². The normalized spacial score (nSPS) is 21.2. The zero-order valence-electron chi connectivity index (χ0n) is 12.5. The first-order valence-corrected chi connectivity index (χ1v) is 7.30. The third-order valence-corrected chi connectivity index (χ3v) is 4.06. The quantitative estimate of drug-likeness (QED) is 0.865. The number of hydrogen-bond donors (Lipinski definition) is 2. The van der Waals surface area contributed by atoms with Crippen LogP contribution in [0, 0.1) is 18.8 Å². The molecule has 2 atom stereocenters. The van der Waals surface area contributed by atoms with E-state index in [1.807, 2.05) is 31.2 Å². The average Bonchev–Trinajstić information content (AvgIpc) is 2.86. The Labute approximate surface area is 125 Å². The Morgan fingerprint density at radius 2 is 2.05 bits per heavy atom. The van der Waals surface area contributed by atoms with Crippen LogP contribution in [0.15, 0.2) is 24.3 Å². The van der Waals surface area contributed by atoms with E-state index < -0.39 is 5.97 Å².